The van der Waals surface area contributed by atoms with Crippen LogP contribution in [0.2, 0.25) is 0 Å². The minimum absolute atomic E-state index is 0.0922. The van der Waals surface area contributed by atoms with Crippen molar-refractivity contribution in [2.24, 2.45) is 0 Å². The molecule has 0 amide bonds. The van der Waals surface area contributed by atoms with Gasteiger partial charge >= 0.3 is 0 Å². The van der Waals surface area contributed by atoms with Crippen LogP contribution in [-0.2, 0) is 10.0 Å². The van der Waals surface area contributed by atoms with Gasteiger partial charge in [-0.05, 0) is 59.3 Å². The summed E-state index contributed by atoms with van der Waals surface area (Å²) >= 11 is 0. The molecular formula is C15H15N5O3S. The first kappa shape index (κ1) is 15.9. The van der Waals surface area contributed by atoms with E-state index in [9.17, 15) is 8.42 Å². The molecule has 1 heterocycles. The lowest BCUT2D eigenvalue weighted by Gasteiger charge is -2.12. The molecule has 0 unspecified atom stereocenters. The first-order valence-electron chi connectivity index (χ1n) is 7.00. The normalized spacial score (nSPS) is 11.2. The molecule has 2 aromatic carbocycles. The summed E-state index contributed by atoms with van der Waals surface area (Å²) in [5.74, 6) is 0.290. The number of sulfonamides is 1. The van der Waals surface area contributed by atoms with Gasteiger partial charge in [0.25, 0.3) is 10.0 Å². The number of benzene rings is 2. The van der Waals surface area contributed by atoms with Crippen molar-refractivity contribution >= 4 is 15.7 Å². The van der Waals surface area contributed by atoms with Gasteiger partial charge in [-0.1, -0.05) is 6.07 Å². The van der Waals surface area contributed by atoms with Crippen LogP contribution in [0.4, 0.5) is 5.69 Å². The van der Waals surface area contributed by atoms with E-state index in [2.05, 4.69) is 20.2 Å². The highest BCUT2D eigenvalue weighted by molar-refractivity contribution is 7.92. The van der Waals surface area contributed by atoms with E-state index in [4.69, 9.17) is 4.74 Å². The maximum atomic E-state index is 12.6. The minimum Gasteiger partial charge on any atom is -0.495 e. The number of nitrogens with zero attached hydrogens (tertiary/aromatic N) is 4. The van der Waals surface area contributed by atoms with Crippen molar-refractivity contribution < 1.29 is 13.2 Å². The van der Waals surface area contributed by atoms with Crippen LogP contribution in [0.25, 0.3) is 5.69 Å². The zero-order chi connectivity index (χ0) is 17.2. The fourth-order valence-electron chi connectivity index (χ4n) is 2.17. The van der Waals surface area contributed by atoms with Crippen molar-refractivity contribution in [3.05, 3.63) is 54.4 Å². The molecule has 1 aromatic heterocycles. The Morgan fingerprint density at radius 2 is 1.88 bits per heavy atom. The van der Waals surface area contributed by atoms with Crippen LogP contribution < -0.4 is 9.46 Å². The van der Waals surface area contributed by atoms with Crippen LogP contribution in [0.5, 0.6) is 5.75 Å². The SMILES string of the molecule is COc1ccc(C)cc1S(=O)(=O)Nc1ccc(-n2cnnn2)cc1. The molecule has 124 valence electrons. The average molecular weight is 345 g/mol. The van der Waals surface area contributed by atoms with Crippen molar-refractivity contribution in [1.29, 1.82) is 0 Å². The number of ether oxygens (including phenoxy) is 1. The molecular weight excluding hydrogens is 330 g/mol. The standard InChI is InChI=1S/C15H15N5O3S/c1-11-3-8-14(23-2)15(9-11)24(21,22)17-12-4-6-13(7-5-12)20-10-16-18-19-20/h3-10,17H,1-2H3. The molecule has 0 saturated carbocycles. The molecule has 24 heavy (non-hydrogen) atoms. The monoisotopic (exact) mass is 345 g/mol. The molecule has 9 heteroatoms. The predicted molar refractivity (Wildman–Crippen MR) is 87.7 cm³/mol. The second-order valence-electron chi connectivity index (χ2n) is 5.06. The lowest BCUT2D eigenvalue weighted by atomic mass is 10.2. The zero-order valence-corrected chi connectivity index (χ0v) is 13.9. The number of aromatic nitrogens is 4. The van der Waals surface area contributed by atoms with E-state index >= 15 is 0 Å². The second kappa shape index (κ2) is 6.28. The summed E-state index contributed by atoms with van der Waals surface area (Å²) < 4.78 is 34.4. The molecule has 8 nitrogen and oxygen atoms in total. The number of nitrogens with one attached hydrogen (secondary N) is 1. The third-order valence-electron chi connectivity index (χ3n) is 3.34. The van der Waals surface area contributed by atoms with Gasteiger partial charge in [-0.25, -0.2) is 13.1 Å². The van der Waals surface area contributed by atoms with E-state index in [1.54, 1.807) is 42.5 Å². The highest BCUT2D eigenvalue weighted by atomic mass is 32.2. The topological polar surface area (TPSA) is 99.0 Å². The summed E-state index contributed by atoms with van der Waals surface area (Å²) in [7, 11) is -2.33. The highest BCUT2D eigenvalue weighted by Crippen LogP contribution is 2.27. The van der Waals surface area contributed by atoms with Gasteiger partial charge in [0.1, 0.15) is 17.0 Å². The molecule has 0 fully saturated rings. The van der Waals surface area contributed by atoms with Gasteiger partial charge in [-0.3, -0.25) is 4.72 Å². The molecule has 0 spiro atoms. The third-order valence-corrected chi connectivity index (χ3v) is 4.74. The Morgan fingerprint density at radius 1 is 1.12 bits per heavy atom. The summed E-state index contributed by atoms with van der Waals surface area (Å²) in [4.78, 5) is 0.0922. The first-order valence-corrected chi connectivity index (χ1v) is 8.49. The van der Waals surface area contributed by atoms with Gasteiger partial charge in [0.15, 0.2) is 0 Å². The molecule has 0 bridgehead atoms. The van der Waals surface area contributed by atoms with Crippen LogP contribution in [0.15, 0.2) is 53.7 Å². The Balaban J connectivity index is 1.88. The third kappa shape index (κ3) is 3.20. The van der Waals surface area contributed by atoms with E-state index in [1.807, 2.05) is 6.92 Å². The Bertz CT molecular complexity index is 938. The summed E-state index contributed by atoms with van der Waals surface area (Å²) in [6.07, 6.45) is 1.46. The molecule has 0 aliphatic heterocycles. The summed E-state index contributed by atoms with van der Waals surface area (Å²) in [6.45, 7) is 1.82. The Kier molecular flexibility index (Phi) is 4.17. The van der Waals surface area contributed by atoms with Crippen molar-refractivity contribution in [3.63, 3.8) is 0 Å². The molecule has 0 saturated heterocycles. The van der Waals surface area contributed by atoms with Gasteiger partial charge in [-0.2, -0.15) is 0 Å². The van der Waals surface area contributed by atoms with Gasteiger partial charge in [0.05, 0.1) is 12.8 Å². The molecule has 1 N–H and O–H groups in total. The molecule has 0 aliphatic rings. The number of hydrogen-bond acceptors (Lipinski definition) is 6. The van der Waals surface area contributed by atoms with E-state index in [-0.39, 0.29) is 4.90 Å². The zero-order valence-electron chi connectivity index (χ0n) is 13.0. The Hall–Kier alpha value is -2.94. The fourth-order valence-corrected chi connectivity index (χ4v) is 3.48. The van der Waals surface area contributed by atoms with Crippen LogP contribution >= 0.6 is 0 Å². The smallest absolute Gasteiger partial charge is 0.265 e. The van der Waals surface area contributed by atoms with Crippen molar-refractivity contribution in [1.82, 2.24) is 20.2 Å². The van der Waals surface area contributed by atoms with Gasteiger partial charge in [0.2, 0.25) is 0 Å². The molecule has 0 aliphatic carbocycles. The van der Waals surface area contributed by atoms with Crippen LogP contribution in [0.3, 0.4) is 0 Å². The number of methoxy groups -OCH3 is 1. The lowest BCUT2D eigenvalue weighted by Crippen LogP contribution is -2.14. The van der Waals surface area contributed by atoms with E-state index in [0.717, 1.165) is 11.3 Å². The number of tetrazole rings is 1. The van der Waals surface area contributed by atoms with Crippen molar-refractivity contribution in [3.8, 4) is 11.4 Å². The van der Waals surface area contributed by atoms with Crippen LogP contribution in [0.1, 0.15) is 5.56 Å². The number of aryl methyl sites for hydroxylation is 1. The number of rotatable bonds is 5. The van der Waals surface area contributed by atoms with Gasteiger partial charge in [-0.15, -0.1) is 5.10 Å². The quantitative estimate of drug-likeness (QED) is 0.757. The Morgan fingerprint density at radius 3 is 2.50 bits per heavy atom. The van der Waals surface area contributed by atoms with Gasteiger partial charge in [0, 0.05) is 5.69 Å². The second-order valence-corrected chi connectivity index (χ2v) is 6.71. The molecule has 3 rings (SSSR count). The van der Waals surface area contributed by atoms with Crippen LogP contribution in [-0.4, -0.2) is 35.7 Å². The molecule has 0 atom stereocenters. The number of hydrogen-bond donors (Lipinski definition) is 1. The van der Waals surface area contributed by atoms with Crippen molar-refractivity contribution in [2.45, 2.75) is 11.8 Å². The van der Waals surface area contributed by atoms with E-state index < -0.39 is 10.0 Å². The maximum absolute atomic E-state index is 12.6. The largest absolute Gasteiger partial charge is 0.495 e. The molecule has 0 radical (unpaired) electrons. The highest BCUT2D eigenvalue weighted by Gasteiger charge is 2.19. The van der Waals surface area contributed by atoms with Crippen LogP contribution in [0, 0.1) is 6.92 Å². The molecule has 3 aromatic rings. The van der Waals surface area contributed by atoms with Gasteiger partial charge < -0.3 is 4.74 Å². The van der Waals surface area contributed by atoms with E-state index in [1.165, 1.54) is 18.1 Å². The maximum Gasteiger partial charge on any atom is 0.265 e. The average Bonchev–Trinajstić information content (AvgIpc) is 3.10. The predicted octanol–water partition coefficient (Wildman–Crippen LogP) is 1.78. The first-order chi connectivity index (χ1) is 11.5. The lowest BCUT2D eigenvalue weighted by molar-refractivity contribution is 0.402. The fraction of sp³-hybridized carbons (Fsp3) is 0.133. The summed E-state index contributed by atoms with van der Waals surface area (Å²) in [5.41, 5.74) is 1.97. The van der Waals surface area contributed by atoms with E-state index in [0.29, 0.717) is 11.4 Å². The summed E-state index contributed by atoms with van der Waals surface area (Å²) in [6, 6.07) is 11.7. The number of anilines is 1. The van der Waals surface area contributed by atoms with Crippen molar-refractivity contribution in [2.75, 3.05) is 11.8 Å². The summed E-state index contributed by atoms with van der Waals surface area (Å²) in [5, 5.41) is 10.9. The Labute approximate surface area is 139 Å². The minimum atomic E-state index is -3.77.